The van der Waals surface area contributed by atoms with Crippen molar-refractivity contribution in [1.29, 1.82) is 0 Å². The Morgan fingerprint density at radius 3 is 3.06 bits per heavy atom. The van der Waals surface area contributed by atoms with E-state index < -0.39 is 0 Å². The van der Waals surface area contributed by atoms with Crippen molar-refractivity contribution in [1.82, 2.24) is 9.97 Å². The molecule has 1 aromatic heterocycles. The normalized spacial score (nSPS) is 12.8. The number of rotatable bonds is 3. The lowest BCUT2D eigenvalue weighted by atomic mass is 10.2. The van der Waals surface area contributed by atoms with Crippen LogP contribution in [0.5, 0.6) is 11.5 Å². The van der Waals surface area contributed by atoms with Gasteiger partial charge in [-0.2, -0.15) is 0 Å². The Balaban J connectivity index is 1.69. The molecule has 0 atom stereocenters. The van der Waals surface area contributed by atoms with Crippen LogP contribution in [0.15, 0.2) is 24.4 Å². The number of benzene rings is 1. The molecule has 0 aliphatic carbocycles. The van der Waals surface area contributed by atoms with E-state index in [2.05, 4.69) is 15.3 Å². The highest BCUT2D eigenvalue weighted by atomic mass is 16.7. The molecule has 0 saturated carbocycles. The van der Waals surface area contributed by atoms with Gasteiger partial charge < -0.3 is 19.8 Å². The van der Waals surface area contributed by atoms with Crippen LogP contribution in [0.4, 0.5) is 5.69 Å². The largest absolute Gasteiger partial charge is 0.454 e. The Morgan fingerprint density at radius 1 is 1.35 bits per heavy atom. The van der Waals surface area contributed by atoms with Gasteiger partial charge in [0.05, 0.1) is 18.4 Å². The molecule has 88 valence electrons. The van der Waals surface area contributed by atoms with E-state index in [-0.39, 0.29) is 0 Å². The summed E-state index contributed by atoms with van der Waals surface area (Å²) in [4.78, 5) is 7.32. The first kappa shape index (κ1) is 10.0. The number of nitrogens with zero attached hydrogens (tertiary/aromatic N) is 1. The second-order valence-electron chi connectivity index (χ2n) is 3.92. The molecule has 1 aliphatic heterocycles. The van der Waals surface area contributed by atoms with Crippen LogP contribution in [0.3, 0.4) is 0 Å². The fourth-order valence-corrected chi connectivity index (χ4v) is 1.77. The second-order valence-corrected chi connectivity index (χ2v) is 3.92. The van der Waals surface area contributed by atoms with Crippen molar-refractivity contribution in [3.05, 3.63) is 35.9 Å². The summed E-state index contributed by atoms with van der Waals surface area (Å²) in [7, 11) is 0. The van der Waals surface area contributed by atoms with Gasteiger partial charge in [0, 0.05) is 11.8 Å². The zero-order valence-corrected chi connectivity index (χ0v) is 9.49. The average Bonchev–Trinajstić information content (AvgIpc) is 2.94. The number of H-pyrrole nitrogens is 1. The highest BCUT2D eigenvalue weighted by Gasteiger charge is 2.12. The first-order chi connectivity index (χ1) is 8.31. The lowest BCUT2D eigenvalue weighted by Gasteiger charge is -2.05. The maximum Gasteiger partial charge on any atom is 0.231 e. The molecular formula is C12H13N3O2. The minimum atomic E-state index is 0.304. The van der Waals surface area contributed by atoms with Gasteiger partial charge in [0.25, 0.3) is 0 Å². The van der Waals surface area contributed by atoms with Crippen molar-refractivity contribution in [3.8, 4) is 11.5 Å². The van der Waals surface area contributed by atoms with Crippen molar-refractivity contribution in [2.24, 2.45) is 0 Å². The summed E-state index contributed by atoms with van der Waals surface area (Å²) < 4.78 is 10.6. The smallest absolute Gasteiger partial charge is 0.231 e. The van der Waals surface area contributed by atoms with Gasteiger partial charge in [-0.05, 0) is 19.1 Å². The van der Waals surface area contributed by atoms with Crippen LogP contribution in [-0.2, 0) is 6.54 Å². The summed E-state index contributed by atoms with van der Waals surface area (Å²) in [5, 5.41) is 3.30. The number of fused-ring (bicyclic) bond motifs is 1. The van der Waals surface area contributed by atoms with Crippen molar-refractivity contribution < 1.29 is 9.47 Å². The van der Waals surface area contributed by atoms with E-state index in [1.165, 1.54) is 0 Å². The molecule has 1 aromatic carbocycles. The van der Waals surface area contributed by atoms with E-state index in [0.29, 0.717) is 13.3 Å². The Morgan fingerprint density at radius 2 is 2.24 bits per heavy atom. The Labute approximate surface area is 98.8 Å². The third-order valence-corrected chi connectivity index (χ3v) is 2.61. The number of anilines is 1. The molecule has 1 aliphatic rings. The minimum Gasteiger partial charge on any atom is -0.454 e. The van der Waals surface area contributed by atoms with E-state index in [4.69, 9.17) is 9.47 Å². The van der Waals surface area contributed by atoms with Crippen LogP contribution in [-0.4, -0.2) is 16.8 Å². The predicted octanol–water partition coefficient (Wildman–Crippen LogP) is 2.06. The molecule has 5 nitrogen and oxygen atoms in total. The highest BCUT2D eigenvalue weighted by Crippen LogP contribution is 2.34. The van der Waals surface area contributed by atoms with Gasteiger partial charge in [-0.25, -0.2) is 4.98 Å². The van der Waals surface area contributed by atoms with Gasteiger partial charge in [-0.3, -0.25) is 0 Å². The average molecular weight is 231 g/mol. The molecule has 3 rings (SSSR count). The van der Waals surface area contributed by atoms with Crippen molar-refractivity contribution in [3.63, 3.8) is 0 Å². The summed E-state index contributed by atoms with van der Waals surface area (Å²) in [6.45, 7) is 2.95. The van der Waals surface area contributed by atoms with E-state index in [0.717, 1.165) is 28.7 Å². The minimum absolute atomic E-state index is 0.304. The summed E-state index contributed by atoms with van der Waals surface area (Å²) in [5.74, 6) is 2.51. The molecular weight excluding hydrogens is 218 g/mol. The topological polar surface area (TPSA) is 59.2 Å². The standard InChI is InChI=1S/C12H13N3O2/c1-8-13-5-10(15-8)6-14-9-2-3-11-12(4-9)17-7-16-11/h2-5,14H,6-7H2,1H3,(H,13,15). The quantitative estimate of drug-likeness (QED) is 0.848. The van der Waals surface area contributed by atoms with Crippen LogP contribution in [0.2, 0.25) is 0 Å². The van der Waals surface area contributed by atoms with Crippen LogP contribution < -0.4 is 14.8 Å². The molecule has 0 radical (unpaired) electrons. The van der Waals surface area contributed by atoms with Crippen LogP contribution in [0.1, 0.15) is 11.5 Å². The molecule has 2 N–H and O–H groups in total. The molecule has 0 saturated heterocycles. The summed E-state index contributed by atoms with van der Waals surface area (Å²) in [6, 6.07) is 5.81. The molecule has 0 bridgehead atoms. The Hall–Kier alpha value is -2.17. The number of aryl methyl sites for hydroxylation is 1. The molecule has 0 fully saturated rings. The Bertz CT molecular complexity index is 536. The molecule has 0 unspecified atom stereocenters. The number of imidazole rings is 1. The van der Waals surface area contributed by atoms with E-state index in [9.17, 15) is 0 Å². The number of ether oxygens (including phenoxy) is 2. The number of hydrogen-bond acceptors (Lipinski definition) is 4. The van der Waals surface area contributed by atoms with Crippen LogP contribution in [0, 0.1) is 6.92 Å². The van der Waals surface area contributed by atoms with Gasteiger partial charge >= 0.3 is 0 Å². The lowest BCUT2D eigenvalue weighted by Crippen LogP contribution is -1.99. The van der Waals surface area contributed by atoms with Crippen molar-refractivity contribution in [2.75, 3.05) is 12.1 Å². The van der Waals surface area contributed by atoms with Gasteiger partial charge in [-0.1, -0.05) is 0 Å². The fourth-order valence-electron chi connectivity index (χ4n) is 1.77. The molecule has 2 heterocycles. The van der Waals surface area contributed by atoms with Crippen molar-refractivity contribution in [2.45, 2.75) is 13.5 Å². The summed E-state index contributed by atoms with van der Waals surface area (Å²) in [5.41, 5.74) is 2.06. The second kappa shape index (κ2) is 4.01. The number of hydrogen-bond donors (Lipinski definition) is 2. The fraction of sp³-hybridized carbons (Fsp3) is 0.250. The molecule has 17 heavy (non-hydrogen) atoms. The molecule has 5 heteroatoms. The summed E-state index contributed by atoms with van der Waals surface area (Å²) >= 11 is 0. The molecule has 0 spiro atoms. The SMILES string of the molecule is Cc1ncc(CNc2ccc3c(c2)OCO3)[nH]1. The third-order valence-electron chi connectivity index (χ3n) is 2.61. The van der Waals surface area contributed by atoms with E-state index in [1.54, 1.807) is 0 Å². The first-order valence-corrected chi connectivity index (χ1v) is 5.45. The predicted molar refractivity (Wildman–Crippen MR) is 63.2 cm³/mol. The molecule has 0 amide bonds. The van der Waals surface area contributed by atoms with E-state index in [1.807, 2.05) is 31.3 Å². The Kier molecular flexibility index (Phi) is 2.36. The molecule has 2 aromatic rings. The highest BCUT2D eigenvalue weighted by molar-refractivity contribution is 5.55. The number of aromatic amines is 1. The van der Waals surface area contributed by atoms with E-state index >= 15 is 0 Å². The third kappa shape index (κ3) is 2.04. The van der Waals surface area contributed by atoms with Crippen LogP contribution in [0.25, 0.3) is 0 Å². The maximum absolute atomic E-state index is 5.31. The zero-order valence-electron chi connectivity index (χ0n) is 9.49. The zero-order chi connectivity index (χ0) is 11.7. The van der Waals surface area contributed by atoms with Crippen LogP contribution >= 0.6 is 0 Å². The first-order valence-electron chi connectivity index (χ1n) is 5.45. The van der Waals surface area contributed by atoms with Gasteiger partial charge in [0.15, 0.2) is 11.5 Å². The van der Waals surface area contributed by atoms with Gasteiger partial charge in [0.2, 0.25) is 6.79 Å². The monoisotopic (exact) mass is 231 g/mol. The summed E-state index contributed by atoms with van der Waals surface area (Å²) in [6.07, 6.45) is 1.83. The number of nitrogens with one attached hydrogen (secondary N) is 2. The number of aromatic nitrogens is 2. The van der Waals surface area contributed by atoms with Gasteiger partial charge in [0.1, 0.15) is 5.82 Å². The van der Waals surface area contributed by atoms with Crippen molar-refractivity contribution >= 4 is 5.69 Å². The van der Waals surface area contributed by atoms with Gasteiger partial charge in [-0.15, -0.1) is 0 Å². The lowest BCUT2D eigenvalue weighted by molar-refractivity contribution is 0.174. The maximum atomic E-state index is 5.31.